The van der Waals surface area contributed by atoms with Gasteiger partial charge in [0.2, 0.25) is 5.91 Å². The Morgan fingerprint density at radius 1 is 1.29 bits per heavy atom. The van der Waals surface area contributed by atoms with E-state index < -0.39 is 6.04 Å². The van der Waals surface area contributed by atoms with E-state index in [0.717, 1.165) is 24.0 Å². The number of carbonyl (C=O) groups excluding carboxylic acids is 2. The SMILES string of the molecule is Cc1cc(F)cc(C2CCN(C(=O)NC(CC(C)C)C(=O)NCC#N)CC2)c1. The van der Waals surface area contributed by atoms with Crippen molar-refractivity contribution < 1.29 is 14.0 Å². The van der Waals surface area contributed by atoms with E-state index in [9.17, 15) is 14.0 Å². The summed E-state index contributed by atoms with van der Waals surface area (Å²) in [6, 6.07) is 6.02. The Labute approximate surface area is 166 Å². The molecule has 3 amide bonds. The summed E-state index contributed by atoms with van der Waals surface area (Å²) in [5.41, 5.74) is 1.88. The first-order valence-electron chi connectivity index (χ1n) is 9.77. The maximum absolute atomic E-state index is 13.7. The average molecular weight is 388 g/mol. The van der Waals surface area contributed by atoms with Gasteiger partial charge < -0.3 is 15.5 Å². The summed E-state index contributed by atoms with van der Waals surface area (Å²) in [5, 5.41) is 14.0. The lowest BCUT2D eigenvalue weighted by atomic mass is 9.88. The standard InChI is InChI=1S/C21H29FN4O2/c1-14(2)10-19(20(27)24-7-6-23)25-21(28)26-8-4-16(5-9-26)17-11-15(3)12-18(22)13-17/h11-14,16,19H,4-5,7-10H2,1-3H3,(H,24,27)(H,25,28). The van der Waals surface area contributed by atoms with E-state index in [-0.39, 0.29) is 36.1 Å². The number of hydrogen-bond donors (Lipinski definition) is 2. The van der Waals surface area contributed by atoms with Crippen LogP contribution in [0, 0.1) is 30.0 Å². The lowest BCUT2D eigenvalue weighted by molar-refractivity contribution is -0.123. The molecule has 1 aromatic carbocycles. The van der Waals surface area contributed by atoms with Gasteiger partial charge in [0.05, 0.1) is 6.07 Å². The Morgan fingerprint density at radius 2 is 1.96 bits per heavy atom. The Balaban J connectivity index is 1.93. The van der Waals surface area contributed by atoms with Crippen molar-refractivity contribution in [2.45, 2.75) is 52.0 Å². The van der Waals surface area contributed by atoms with Crippen molar-refractivity contribution in [2.75, 3.05) is 19.6 Å². The molecule has 0 aliphatic carbocycles. The summed E-state index contributed by atoms with van der Waals surface area (Å²) in [5.74, 6) is -0.118. The second-order valence-electron chi connectivity index (χ2n) is 7.83. The highest BCUT2D eigenvalue weighted by atomic mass is 19.1. The molecule has 152 valence electrons. The summed E-state index contributed by atoms with van der Waals surface area (Å²) in [6.45, 7) is 6.86. The molecule has 1 atom stereocenters. The predicted octanol–water partition coefficient (Wildman–Crippen LogP) is 3.08. The van der Waals surface area contributed by atoms with Gasteiger partial charge in [-0.25, -0.2) is 9.18 Å². The van der Waals surface area contributed by atoms with Gasteiger partial charge in [-0.1, -0.05) is 19.9 Å². The van der Waals surface area contributed by atoms with Crippen LogP contribution in [0.25, 0.3) is 0 Å². The van der Waals surface area contributed by atoms with Gasteiger partial charge in [-0.3, -0.25) is 4.79 Å². The second kappa shape index (κ2) is 10.1. The molecule has 0 saturated carbocycles. The maximum Gasteiger partial charge on any atom is 0.318 e. The molecule has 0 aromatic heterocycles. The summed E-state index contributed by atoms with van der Waals surface area (Å²) in [7, 11) is 0. The molecule has 1 aliphatic heterocycles. The van der Waals surface area contributed by atoms with Gasteiger partial charge in [0.15, 0.2) is 0 Å². The molecule has 1 aliphatic rings. The normalized spacial score (nSPS) is 15.8. The van der Waals surface area contributed by atoms with Crippen LogP contribution in [-0.2, 0) is 4.79 Å². The molecule has 7 heteroatoms. The first-order chi connectivity index (χ1) is 13.3. The van der Waals surface area contributed by atoms with Gasteiger partial charge in [-0.05, 0) is 61.3 Å². The number of nitriles is 1. The van der Waals surface area contributed by atoms with Crippen LogP contribution in [-0.4, -0.2) is 42.5 Å². The van der Waals surface area contributed by atoms with Crippen molar-refractivity contribution in [2.24, 2.45) is 5.92 Å². The summed E-state index contributed by atoms with van der Waals surface area (Å²) in [4.78, 5) is 26.6. The molecular formula is C21H29FN4O2. The van der Waals surface area contributed by atoms with E-state index in [1.165, 1.54) is 6.07 Å². The van der Waals surface area contributed by atoms with E-state index in [1.54, 1.807) is 11.0 Å². The van der Waals surface area contributed by atoms with E-state index in [0.29, 0.717) is 19.5 Å². The smallest absolute Gasteiger partial charge is 0.318 e. The van der Waals surface area contributed by atoms with E-state index >= 15 is 0 Å². The van der Waals surface area contributed by atoms with Crippen molar-refractivity contribution in [3.8, 4) is 6.07 Å². The molecule has 1 saturated heterocycles. The van der Waals surface area contributed by atoms with Crippen LogP contribution in [0.15, 0.2) is 18.2 Å². The quantitative estimate of drug-likeness (QED) is 0.735. The lowest BCUT2D eigenvalue weighted by Gasteiger charge is -2.33. The number of rotatable bonds is 6. The van der Waals surface area contributed by atoms with Gasteiger partial charge in [0.1, 0.15) is 18.4 Å². The fourth-order valence-corrected chi connectivity index (χ4v) is 3.61. The minimum absolute atomic E-state index is 0.0816. The zero-order chi connectivity index (χ0) is 20.7. The number of urea groups is 1. The van der Waals surface area contributed by atoms with Crippen LogP contribution >= 0.6 is 0 Å². The minimum atomic E-state index is -0.663. The van der Waals surface area contributed by atoms with Gasteiger partial charge in [0, 0.05) is 13.1 Å². The molecule has 1 aromatic rings. The summed E-state index contributed by atoms with van der Waals surface area (Å²) < 4.78 is 13.7. The second-order valence-corrected chi connectivity index (χ2v) is 7.83. The number of piperidine rings is 1. The molecule has 0 bridgehead atoms. The molecule has 6 nitrogen and oxygen atoms in total. The van der Waals surface area contributed by atoms with Crippen LogP contribution < -0.4 is 10.6 Å². The summed E-state index contributed by atoms with van der Waals surface area (Å²) in [6.07, 6.45) is 2.01. The number of carbonyl (C=O) groups is 2. The molecule has 2 rings (SSSR count). The van der Waals surface area contributed by atoms with Gasteiger partial charge in [0.25, 0.3) is 0 Å². The molecule has 1 heterocycles. The maximum atomic E-state index is 13.7. The predicted molar refractivity (Wildman–Crippen MR) is 105 cm³/mol. The highest BCUT2D eigenvalue weighted by Gasteiger charge is 2.28. The Morgan fingerprint density at radius 3 is 2.54 bits per heavy atom. The van der Waals surface area contributed by atoms with Crippen LogP contribution in [0.5, 0.6) is 0 Å². The van der Waals surface area contributed by atoms with Crippen LogP contribution in [0.3, 0.4) is 0 Å². The Hall–Kier alpha value is -2.62. The number of aryl methyl sites for hydroxylation is 1. The number of hydrogen-bond acceptors (Lipinski definition) is 3. The van der Waals surface area contributed by atoms with Crippen molar-refractivity contribution in [3.63, 3.8) is 0 Å². The largest absolute Gasteiger partial charge is 0.341 e. The zero-order valence-corrected chi connectivity index (χ0v) is 16.8. The van der Waals surface area contributed by atoms with Gasteiger partial charge >= 0.3 is 6.03 Å². The third kappa shape index (κ3) is 6.22. The van der Waals surface area contributed by atoms with Crippen LogP contribution in [0.2, 0.25) is 0 Å². The highest BCUT2D eigenvalue weighted by Crippen LogP contribution is 2.29. The van der Waals surface area contributed by atoms with Crippen molar-refractivity contribution in [1.29, 1.82) is 5.26 Å². The Kier molecular flexibility index (Phi) is 7.80. The van der Waals surface area contributed by atoms with E-state index in [4.69, 9.17) is 5.26 Å². The average Bonchev–Trinajstić information content (AvgIpc) is 2.64. The van der Waals surface area contributed by atoms with Crippen molar-refractivity contribution in [1.82, 2.24) is 15.5 Å². The van der Waals surface area contributed by atoms with Gasteiger partial charge in [-0.2, -0.15) is 5.26 Å². The minimum Gasteiger partial charge on any atom is -0.341 e. The molecule has 1 unspecified atom stereocenters. The first-order valence-corrected chi connectivity index (χ1v) is 9.77. The number of nitrogens with zero attached hydrogens (tertiary/aromatic N) is 2. The number of nitrogens with one attached hydrogen (secondary N) is 2. The number of amides is 3. The Bertz CT molecular complexity index is 716. The fourth-order valence-electron chi connectivity index (χ4n) is 3.61. The van der Waals surface area contributed by atoms with E-state index in [2.05, 4.69) is 10.6 Å². The lowest BCUT2D eigenvalue weighted by Crippen LogP contribution is -2.53. The zero-order valence-electron chi connectivity index (χ0n) is 16.8. The molecule has 2 N–H and O–H groups in total. The first kappa shape index (κ1) is 21.7. The number of benzene rings is 1. The van der Waals surface area contributed by atoms with Crippen LogP contribution in [0.4, 0.5) is 9.18 Å². The number of halogens is 1. The molecule has 0 radical (unpaired) electrons. The molecular weight excluding hydrogens is 359 g/mol. The van der Waals surface area contributed by atoms with Crippen molar-refractivity contribution >= 4 is 11.9 Å². The fraction of sp³-hybridized carbons (Fsp3) is 0.571. The van der Waals surface area contributed by atoms with Crippen LogP contribution in [0.1, 0.15) is 50.2 Å². The molecule has 1 fully saturated rings. The monoisotopic (exact) mass is 388 g/mol. The van der Waals surface area contributed by atoms with Gasteiger partial charge in [-0.15, -0.1) is 0 Å². The molecule has 0 spiro atoms. The third-order valence-electron chi connectivity index (χ3n) is 4.98. The third-order valence-corrected chi connectivity index (χ3v) is 4.98. The summed E-state index contributed by atoms with van der Waals surface area (Å²) >= 11 is 0. The highest BCUT2D eigenvalue weighted by molar-refractivity contribution is 5.87. The topological polar surface area (TPSA) is 85.2 Å². The molecule has 28 heavy (non-hydrogen) atoms. The van der Waals surface area contributed by atoms with E-state index in [1.807, 2.05) is 32.9 Å². The number of likely N-dealkylation sites (tertiary alicyclic amines) is 1. The van der Waals surface area contributed by atoms with Crippen molar-refractivity contribution in [3.05, 3.63) is 35.1 Å².